The average molecular weight is 424 g/mol. The molecule has 2 aromatic rings. The molecule has 142 valence electrons. The quantitative estimate of drug-likeness (QED) is 0.758. The summed E-state index contributed by atoms with van der Waals surface area (Å²) in [7, 11) is 1.79. The number of carbonyl (C=O) groups is 1. The zero-order chi connectivity index (χ0) is 18.9. The number of amides is 1. The predicted octanol–water partition coefficient (Wildman–Crippen LogP) is 2.82. The summed E-state index contributed by atoms with van der Waals surface area (Å²) in [4.78, 5) is 21.4. The Morgan fingerprint density at radius 1 is 1.23 bits per heavy atom. The molecule has 8 heteroatoms. The fourth-order valence-corrected chi connectivity index (χ4v) is 3.57. The summed E-state index contributed by atoms with van der Waals surface area (Å²) in [6, 6.07) is 0. The Morgan fingerprint density at radius 3 is 2.62 bits per heavy atom. The molecular weight excluding hydrogens is 398 g/mol. The zero-order valence-electron chi connectivity index (χ0n) is 15.8. The van der Waals surface area contributed by atoms with Crippen LogP contribution in [-0.4, -0.2) is 56.7 Å². The van der Waals surface area contributed by atoms with Crippen molar-refractivity contribution in [3.63, 3.8) is 0 Å². The zero-order valence-corrected chi connectivity index (χ0v) is 17.4. The average Bonchev–Trinajstić information content (AvgIpc) is 3.08. The highest BCUT2D eigenvalue weighted by Crippen LogP contribution is 2.23. The SMILES string of the molecule is Cn1ncc(Br)c1C(=O)N1CCCN(Cc2ncc(C(C)(C)C)o2)CC1. The molecule has 26 heavy (non-hydrogen) atoms. The number of rotatable bonds is 3. The van der Waals surface area contributed by atoms with Gasteiger partial charge in [0.2, 0.25) is 5.89 Å². The van der Waals surface area contributed by atoms with Crippen molar-refractivity contribution in [3.05, 3.63) is 34.2 Å². The van der Waals surface area contributed by atoms with Crippen LogP contribution < -0.4 is 0 Å². The van der Waals surface area contributed by atoms with Crippen molar-refractivity contribution in [1.29, 1.82) is 0 Å². The van der Waals surface area contributed by atoms with Gasteiger partial charge in [-0.15, -0.1) is 0 Å². The third-order valence-corrected chi connectivity index (χ3v) is 5.20. The molecule has 3 rings (SSSR count). The summed E-state index contributed by atoms with van der Waals surface area (Å²) < 4.78 is 8.26. The van der Waals surface area contributed by atoms with Gasteiger partial charge in [0.1, 0.15) is 11.5 Å². The lowest BCUT2D eigenvalue weighted by molar-refractivity contribution is 0.0748. The Morgan fingerprint density at radius 2 is 2.00 bits per heavy atom. The first kappa shape index (κ1) is 19.1. The first-order chi connectivity index (χ1) is 12.3. The van der Waals surface area contributed by atoms with Crippen LogP contribution in [-0.2, 0) is 19.0 Å². The number of aryl methyl sites for hydroxylation is 1. The highest BCUT2D eigenvalue weighted by Gasteiger charge is 2.25. The van der Waals surface area contributed by atoms with E-state index in [2.05, 4.69) is 51.7 Å². The van der Waals surface area contributed by atoms with Crippen molar-refractivity contribution in [2.24, 2.45) is 7.05 Å². The fraction of sp³-hybridized carbons (Fsp3) is 0.611. The molecule has 1 amide bonds. The Balaban J connectivity index is 1.62. The molecule has 1 saturated heterocycles. The van der Waals surface area contributed by atoms with E-state index in [1.807, 2.05) is 11.1 Å². The van der Waals surface area contributed by atoms with Crippen molar-refractivity contribution in [1.82, 2.24) is 24.6 Å². The second-order valence-corrected chi connectivity index (χ2v) is 8.61. The van der Waals surface area contributed by atoms with Gasteiger partial charge in [-0.3, -0.25) is 14.4 Å². The van der Waals surface area contributed by atoms with Crippen LogP contribution in [0.2, 0.25) is 0 Å². The number of hydrogen-bond donors (Lipinski definition) is 0. The fourth-order valence-electron chi connectivity index (χ4n) is 3.05. The molecule has 0 radical (unpaired) electrons. The van der Waals surface area contributed by atoms with E-state index in [4.69, 9.17) is 4.42 Å². The van der Waals surface area contributed by atoms with Crippen LogP contribution in [0.15, 0.2) is 21.3 Å². The van der Waals surface area contributed by atoms with Crippen LogP contribution in [0.3, 0.4) is 0 Å². The van der Waals surface area contributed by atoms with Crippen molar-refractivity contribution in [2.45, 2.75) is 39.2 Å². The summed E-state index contributed by atoms with van der Waals surface area (Å²) in [5, 5.41) is 4.14. The summed E-state index contributed by atoms with van der Waals surface area (Å²) in [5.74, 6) is 1.66. The van der Waals surface area contributed by atoms with Gasteiger partial charge in [-0.1, -0.05) is 20.8 Å². The molecule has 2 aromatic heterocycles. The van der Waals surface area contributed by atoms with E-state index in [0.29, 0.717) is 18.8 Å². The Bertz CT molecular complexity index is 757. The van der Waals surface area contributed by atoms with Gasteiger partial charge in [-0.05, 0) is 22.4 Å². The van der Waals surface area contributed by atoms with E-state index >= 15 is 0 Å². The highest BCUT2D eigenvalue weighted by atomic mass is 79.9. The molecule has 0 unspecified atom stereocenters. The van der Waals surface area contributed by atoms with Crippen molar-refractivity contribution in [2.75, 3.05) is 26.2 Å². The lowest BCUT2D eigenvalue weighted by atomic mass is 9.94. The molecule has 7 nitrogen and oxygen atoms in total. The molecule has 0 saturated carbocycles. The van der Waals surface area contributed by atoms with E-state index in [9.17, 15) is 4.79 Å². The first-order valence-electron chi connectivity index (χ1n) is 8.90. The molecule has 1 fully saturated rings. The Labute approximate surface area is 162 Å². The molecule has 0 atom stereocenters. The molecular formula is C18H26BrN5O2. The topological polar surface area (TPSA) is 67.4 Å². The Hall–Kier alpha value is -1.67. The van der Waals surface area contributed by atoms with Gasteiger partial charge in [-0.25, -0.2) is 4.98 Å². The number of halogens is 1. The largest absolute Gasteiger partial charge is 0.444 e. The van der Waals surface area contributed by atoms with Crippen LogP contribution in [0.25, 0.3) is 0 Å². The van der Waals surface area contributed by atoms with Gasteiger partial charge in [0.05, 0.1) is 23.4 Å². The molecule has 3 heterocycles. The van der Waals surface area contributed by atoms with Crippen molar-refractivity contribution < 1.29 is 9.21 Å². The van der Waals surface area contributed by atoms with Gasteiger partial charge in [0, 0.05) is 38.6 Å². The molecule has 0 N–H and O–H groups in total. The third kappa shape index (κ3) is 4.17. The minimum absolute atomic E-state index is 0.0184. The summed E-state index contributed by atoms with van der Waals surface area (Å²) in [6.07, 6.45) is 4.41. The predicted molar refractivity (Wildman–Crippen MR) is 102 cm³/mol. The van der Waals surface area contributed by atoms with E-state index < -0.39 is 0 Å². The number of oxazole rings is 1. The minimum Gasteiger partial charge on any atom is -0.444 e. The maximum atomic E-state index is 12.8. The molecule has 1 aliphatic heterocycles. The number of hydrogen-bond acceptors (Lipinski definition) is 5. The van der Waals surface area contributed by atoms with Crippen LogP contribution in [0.5, 0.6) is 0 Å². The smallest absolute Gasteiger partial charge is 0.273 e. The molecule has 0 aromatic carbocycles. The van der Waals surface area contributed by atoms with Crippen LogP contribution in [0.1, 0.15) is 49.3 Å². The second-order valence-electron chi connectivity index (χ2n) is 7.75. The van der Waals surface area contributed by atoms with Crippen molar-refractivity contribution >= 4 is 21.8 Å². The maximum Gasteiger partial charge on any atom is 0.273 e. The van der Waals surface area contributed by atoms with E-state index in [1.54, 1.807) is 17.9 Å². The molecule has 1 aliphatic rings. The minimum atomic E-state index is -0.0380. The molecule has 0 bridgehead atoms. The van der Waals surface area contributed by atoms with Crippen LogP contribution >= 0.6 is 15.9 Å². The van der Waals surface area contributed by atoms with Gasteiger partial charge >= 0.3 is 0 Å². The van der Waals surface area contributed by atoms with Gasteiger partial charge < -0.3 is 9.32 Å². The normalized spacial score (nSPS) is 16.7. The van der Waals surface area contributed by atoms with E-state index in [-0.39, 0.29) is 11.3 Å². The van der Waals surface area contributed by atoms with Gasteiger partial charge in [-0.2, -0.15) is 5.10 Å². The Kier molecular flexibility index (Phi) is 5.53. The lowest BCUT2D eigenvalue weighted by Crippen LogP contribution is -2.36. The lowest BCUT2D eigenvalue weighted by Gasteiger charge is -2.21. The molecule has 0 aliphatic carbocycles. The summed E-state index contributed by atoms with van der Waals surface area (Å²) >= 11 is 3.42. The second kappa shape index (κ2) is 7.52. The highest BCUT2D eigenvalue weighted by molar-refractivity contribution is 9.10. The van der Waals surface area contributed by atoms with Gasteiger partial charge in [0.25, 0.3) is 5.91 Å². The van der Waals surface area contributed by atoms with Crippen LogP contribution in [0, 0.1) is 0 Å². The third-order valence-electron chi connectivity index (χ3n) is 4.62. The first-order valence-corrected chi connectivity index (χ1v) is 9.69. The van der Waals surface area contributed by atoms with E-state index in [0.717, 1.165) is 42.2 Å². The summed E-state index contributed by atoms with van der Waals surface area (Å²) in [5.41, 5.74) is 0.560. The number of carbonyl (C=O) groups excluding carboxylic acids is 1. The van der Waals surface area contributed by atoms with Crippen molar-refractivity contribution in [3.8, 4) is 0 Å². The monoisotopic (exact) mass is 423 g/mol. The van der Waals surface area contributed by atoms with E-state index in [1.165, 1.54) is 0 Å². The summed E-state index contributed by atoms with van der Waals surface area (Å²) in [6.45, 7) is 10.2. The number of nitrogens with zero attached hydrogens (tertiary/aromatic N) is 5. The molecule has 0 spiro atoms. The number of aromatic nitrogens is 3. The van der Waals surface area contributed by atoms with Gasteiger partial charge in [0.15, 0.2) is 0 Å². The maximum absolute atomic E-state index is 12.8. The van der Waals surface area contributed by atoms with Crippen LogP contribution in [0.4, 0.5) is 0 Å². The standard InChI is InChI=1S/C18H26BrN5O2/c1-18(2,3)14-11-20-15(26-14)12-23-6-5-7-24(9-8-23)17(25)16-13(19)10-21-22(16)4/h10-11H,5-9,12H2,1-4H3.